The Morgan fingerprint density at radius 1 is 1.19 bits per heavy atom. The number of likely N-dealkylation sites (tertiary alicyclic amines) is 1. The van der Waals surface area contributed by atoms with E-state index in [0.29, 0.717) is 32.0 Å². The zero-order valence-corrected chi connectivity index (χ0v) is 15.4. The molecule has 0 N–H and O–H groups in total. The molecule has 3 heterocycles. The molecule has 0 unspecified atom stereocenters. The Bertz CT molecular complexity index is 670. The molecule has 26 heavy (non-hydrogen) atoms. The maximum atomic E-state index is 12.8. The second-order valence-electron chi connectivity index (χ2n) is 6.83. The Morgan fingerprint density at radius 2 is 1.96 bits per heavy atom. The van der Waals surface area contributed by atoms with Crippen LogP contribution in [0.1, 0.15) is 24.8 Å². The van der Waals surface area contributed by atoms with Crippen LogP contribution >= 0.6 is 11.6 Å². The maximum Gasteiger partial charge on any atom is 0.417 e. The average Bonchev–Trinajstić information content (AvgIpc) is 2.86. The fourth-order valence-corrected chi connectivity index (χ4v) is 3.89. The van der Waals surface area contributed by atoms with Crippen LogP contribution in [0.5, 0.6) is 0 Å². The van der Waals surface area contributed by atoms with Crippen molar-refractivity contribution >= 4 is 23.3 Å². The highest BCUT2D eigenvalue weighted by molar-refractivity contribution is 6.33. The van der Waals surface area contributed by atoms with Gasteiger partial charge >= 0.3 is 6.18 Å². The molecule has 1 amide bonds. The van der Waals surface area contributed by atoms with E-state index in [9.17, 15) is 18.0 Å². The number of halogens is 4. The van der Waals surface area contributed by atoms with Crippen LogP contribution in [-0.4, -0.2) is 66.5 Å². The lowest BCUT2D eigenvalue weighted by atomic mass is 10.2. The Hall–Kier alpha value is -1.54. The van der Waals surface area contributed by atoms with E-state index in [-0.39, 0.29) is 17.0 Å². The molecule has 0 saturated carbocycles. The summed E-state index contributed by atoms with van der Waals surface area (Å²) in [7, 11) is 1.96. The van der Waals surface area contributed by atoms with Crippen molar-refractivity contribution in [3.8, 4) is 0 Å². The summed E-state index contributed by atoms with van der Waals surface area (Å²) in [6.45, 7) is 3.18. The predicted molar refractivity (Wildman–Crippen MR) is 93.3 cm³/mol. The number of aromatic nitrogens is 1. The van der Waals surface area contributed by atoms with Crippen molar-refractivity contribution in [3.05, 3.63) is 22.8 Å². The number of amides is 1. The molecule has 2 aliphatic heterocycles. The van der Waals surface area contributed by atoms with E-state index in [1.165, 1.54) is 0 Å². The van der Waals surface area contributed by atoms with Crippen molar-refractivity contribution in [2.24, 2.45) is 0 Å². The summed E-state index contributed by atoms with van der Waals surface area (Å²) in [5.41, 5.74) is -0.859. The SMILES string of the molecule is CN1CCC[C@H]1C(=O)N1CCCN(c2ncc(C(F)(F)F)cc2Cl)CC1. The van der Waals surface area contributed by atoms with Gasteiger partial charge in [-0.25, -0.2) is 4.98 Å². The first-order valence-corrected chi connectivity index (χ1v) is 9.12. The number of anilines is 1. The summed E-state index contributed by atoms with van der Waals surface area (Å²) in [5, 5.41) is -0.0184. The molecule has 2 fully saturated rings. The standard InChI is InChI=1S/C17H22ClF3N4O/c1-23-5-2-4-14(23)16(26)25-7-3-6-24(8-9-25)15-13(18)10-12(11-22-15)17(19,20)21/h10-11,14H,2-9H2,1H3/t14-/m0/s1. The number of likely N-dealkylation sites (N-methyl/N-ethyl adjacent to an activating group) is 1. The fraction of sp³-hybridized carbons (Fsp3) is 0.647. The lowest BCUT2D eigenvalue weighted by Crippen LogP contribution is -2.45. The largest absolute Gasteiger partial charge is 0.417 e. The zero-order chi connectivity index (χ0) is 18.9. The van der Waals surface area contributed by atoms with E-state index >= 15 is 0 Å². The first-order valence-electron chi connectivity index (χ1n) is 8.74. The van der Waals surface area contributed by atoms with Crippen molar-refractivity contribution < 1.29 is 18.0 Å². The minimum Gasteiger partial charge on any atom is -0.354 e. The molecule has 1 aromatic heterocycles. The Morgan fingerprint density at radius 3 is 2.58 bits per heavy atom. The second kappa shape index (κ2) is 7.60. The van der Waals surface area contributed by atoms with E-state index in [2.05, 4.69) is 9.88 Å². The highest BCUT2D eigenvalue weighted by atomic mass is 35.5. The molecule has 3 rings (SSSR count). The van der Waals surface area contributed by atoms with Gasteiger partial charge in [0.15, 0.2) is 0 Å². The Kier molecular flexibility index (Phi) is 5.62. The third kappa shape index (κ3) is 4.06. The van der Waals surface area contributed by atoms with Gasteiger partial charge in [0.25, 0.3) is 0 Å². The van der Waals surface area contributed by atoms with Gasteiger partial charge in [-0.15, -0.1) is 0 Å². The monoisotopic (exact) mass is 390 g/mol. The topological polar surface area (TPSA) is 39.7 Å². The molecule has 5 nitrogen and oxygen atoms in total. The molecule has 0 spiro atoms. The van der Waals surface area contributed by atoms with Gasteiger partial charge in [0.1, 0.15) is 5.82 Å². The quantitative estimate of drug-likeness (QED) is 0.778. The van der Waals surface area contributed by atoms with Crippen LogP contribution in [0.25, 0.3) is 0 Å². The van der Waals surface area contributed by atoms with Gasteiger partial charge < -0.3 is 9.80 Å². The molecule has 0 radical (unpaired) electrons. The molecule has 0 bridgehead atoms. The number of nitrogens with zero attached hydrogens (tertiary/aromatic N) is 4. The minimum absolute atomic E-state index is 0.0184. The van der Waals surface area contributed by atoms with Crippen LogP contribution in [0.4, 0.5) is 19.0 Å². The van der Waals surface area contributed by atoms with Gasteiger partial charge in [-0.3, -0.25) is 9.69 Å². The van der Waals surface area contributed by atoms with Crippen molar-refractivity contribution in [2.45, 2.75) is 31.5 Å². The fourth-order valence-electron chi connectivity index (χ4n) is 3.60. The van der Waals surface area contributed by atoms with Gasteiger partial charge in [-0.05, 0) is 38.9 Å². The first kappa shape index (κ1) is 19.2. The smallest absolute Gasteiger partial charge is 0.354 e. The number of alkyl halides is 3. The summed E-state index contributed by atoms with van der Waals surface area (Å²) in [6.07, 6.45) is -1.03. The molecule has 9 heteroatoms. The zero-order valence-electron chi connectivity index (χ0n) is 14.6. The second-order valence-corrected chi connectivity index (χ2v) is 7.24. The summed E-state index contributed by atoms with van der Waals surface area (Å²) >= 11 is 6.05. The van der Waals surface area contributed by atoms with Gasteiger partial charge in [0.2, 0.25) is 5.91 Å². The van der Waals surface area contributed by atoms with E-state index in [4.69, 9.17) is 11.6 Å². The van der Waals surface area contributed by atoms with E-state index in [0.717, 1.165) is 38.1 Å². The van der Waals surface area contributed by atoms with Gasteiger partial charge in [0, 0.05) is 32.4 Å². The molecular weight excluding hydrogens is 369 g/mol. The highest BCUT2D eigenvalue weighted by Crippen LogP contribution is 2.33. The molecule has 0 aromatic carbocycles. The molecule has 0 aliphatic carbocycles. The van der Waals surface area contributed by atoms with Gasteiger partial charge in [-0.1, -0.05) is 11.6 Å². The van der Waals surface area contributed by atoms with Crippen LogP contribution in [0, 0.1) is 0 Å². The summed E-state index contributed by atoms with van der Waals surface area (Å²) < 4.78 is 38.3. The number of carbonyl (C=O) groups excluding carboxylic acids is 1. The van der Waals surface area contributed by atoms with E-state index in [1.54, 1.807) is 0 Å². The van der Waals surface area contributed by atoms with Crippen molar-refractivity contribution in [3.63, 3.8) is 0 Å². The van der Waals surface area contributed by atoms with Gasteiger partial charge in [-0.2, -0.15) is 13.2 Å². The Balaban J connectivity index is 1.68. The minimum atomic E-state index is -4.47. The van der Waals surface area contributed by atoms with Crippen LogP contribution in [0.3, 0.4) is 0 Å². The van der Waals surface area contributed by atoms with Crippen molar-refractivity contribution in [1.29, 1.82) is 0 Å². The average molecular weight is 391 g/mol. The number of rotatable bonds is 2. The highest BCUT2D eigenvalue weighted by Gasteiger charge is 2.34. The number of carbonyl (C=O) groups is 1. The lowest BCUT2D eigenvalue weighted by Gasteiger charge is -2.28. The third-order valence-electron chi connectivity index (χ3n) is 5.06. The Labute approximate surface area is 155 Å². The maximum absolute atomic E-state index is 12.8. The molecule has 144 valence electrons. The molecular formula is C17H22ClF3N4O. The number of pyridine rings is 1. The molecule has 1 atom stereocenters. The summed E-state index contributed by atoms with van der Waals surface area (Å²) in [6, 6.07) is 0.847. The van der Waals surface area contributed by atoms with Gasteiger partial charge in [0.05, 0.1) is 16.6 Å². The molecule has 2 saturated heterocycles. The molecule has 2 aliphatic rings. The van der Waals surface area contributed by atoms with E-state index in [1.807, 2.05) is 16.8 Å². The van der Waals surface area contributed by atoms with Crippen LogP contribution in [0.2, 0.25) is 5.02 Å². The van der Waals surface area contributed by atoms with Crippen LogP contribution < -0.4 is 4.90 Å². The van der Waals surface area contributed by atoms with Crippen molar-refractivity contribution in [1.82, 2.24) is 14.8 Å². The summed E-state index contributed by atoms with van der Waals surface area (Å²) in [5.74, 6) is 0.477. The third-order valence-corrected chi connectivity index (χ3v) is 5.34. The van der Waals surface area contributed by atoms with Crippen LogP contribution in [0.15, 0.2) is 12.3 Å². The summed E-state index contributed by atoms with van der Waals surface area (Å²) in [4.78, 5) is 22.4. The van der Waals surface area contributed by atoms with Crippen molar-refractivity contribution in [2.75, 3.05) is 44.7 Å². The van der Waals surface area contributed by atoms with E-state index < -0.39 is 11.7 Å². The molecule has 1 aromatic rings. The normalized spacial score (nSPS) is 22.6. The number of hydrogen-bond acceptors (Lipinski definition) is 4. The first-order chi connectivity index (χ1) is 12.3. The lowest BCUT2D eigenvalue weighted by molar-refractivity contribution is -0.138. The predicted octanol–water partition coefficient (Wildman–Crippen LogP) is 2.89. The van der Waals surface area contributed by atoms with Crippen LogP contribution in [-0.2, 0) is 11.0 Å². The number of hydrogen-bond donors (Lipinski definition) is 0.